The van der Waals surface area contributed by atoms with E-state index in [-0.39, 0.29) is 17.3 Å². The smallest absolute Gasteiger partial charge is 0.335 e. The van der Waals surface area contributed by atoms with Crippen LogP contribution in [-0.2, 0) is 0 Å². The molecule has 0 aliphatic carbocycles. The summed E-state index contributed by atoms with van der Waals surface area (Å²) in [7, 11) is 0. The molecule has 1 fully saturated rings. The number of rotatable bonds is 5. The third-order valence-electron chi connectivity index (χ3n) is 5.59. The summed E-state index contributed by atoms with van der Waals surface area (Å²) in [5.74, 6) is -1.62. The van der Waals surface area contributed by atoms with Crippen LogP contribution in [-0.4, -0.2) is 43.2 Å². The Labute approximate surface area is 185 Å². The lowest BCUT2D eigenvalue weighted by Gasteiger charge is -2.38. The van der Waals surface area contributed by atoms with Crippen molar-refractivity contribution in [2.75, 3.05) is 41.3 Å². The van der Waals surface area contributed by atoms with Crippen molar-refractivity contribution in [2.24, 2.45) is 0 Å². The third-order valence-corrected chi connectivity index (χ3v) is 5.59. The highest BCUT2D eigenvalue weighted by Gasteiger charge is 2.23. The largest absolute Gasteiger partial charge is 0.478 e. The van der Waals surface area contributed by atoms with Crippen molar-refractivity contribution in [2.45, 2.75) is 6.92 Å². The standard InChI is InChI=1S/C25H24FN3O3/c1-17-5-4-6-18(15-17)24(30)27-21-16-19(25(31)32)9-10-23(21)29-13-11-28(12-14-29)22-8-3-2-7-20(22)26/h2-10,15-16H,11-14H2,1H3,(H,27,30)(H,31,32). The van der Waals surface area contributed by atoms with E-state index in [1.54, 1.807) is 36.4 Å². The second kappa shape index (κ2) is 9.09. The summed E-state index contributed by atoms with van der Waals surface area (Å²) in [6.07, 6.45) is 0. The second-order valence-electron chi connectivity index (χ2n) is 7.79. The van der Waals surface area contributed by atoms with Crippen LogP contribution in [0.15, 0.2) is 66.7 Å². The van der Waals surface area contributed by atoms with Crippen LogP contribution >= 0.6 is 0 Å². The molecule has 2 N–H and O–H groups in total. The molecule has 7 heteroatoms. The predicted octanol–water partition coefficient (Wildman–Crippen LogP) is 4.41. The summed E-state index contributed by atoms with van der Waals surface area (Å²) in [6.45, 7) is 4.32. The molecule has 0 aromatic heterocycles. The molecule has 1 aliphatic heterocycles. The van der Waals surface area contributed by atoms with Gasteiger partial charge in [-0.1, -0.05) is 29.8 Å². The van der Waals surface area contributed by atoms with Crippen LogP contribution in [0.25, 0.3) is 0 Å². The van der Waals surface area contributed by atoms with E-state index in [0.717, 1.165) is 11.3 Å². The molecule has 32 heavy (non-hydrogen) atoms. The van der Waals surface area contributed by atoms with Gasteiger partial charge in [0.15, 0.2) is 0 Å². The van der Waals surface area contributed by atoms with E-state index in [4.69, 9.17) is 0 Å². The monoisotopic (exact) mass is 433 g/mol. The summed E-state index contributed by atoms with van der Waals surface area (Å²) in [6, 6.07) is 18.6. The number of nitrogens with one attached hydrogen (secondary N) is 1. The Balaban J connectivity index is 1.57. The van der Waals surface area contributed by atoms with E-state index in [1.807, 2.05) is 24.0 Å². The number of carboxylic acids is 1. The summed E-state index contributed by atoms with van der Waals surface area (Å²) < 4.78 is 14.2. The second-order valence-corrected chi connectivity index (χ2v) is 7.79. The fraction of sp³-hybridized carbons (Fsp3) is 0.200. The number of carboxylic acid groups (broad SMARTS) is 1. The maximum atomic E-state index is 14.2. The first kappa shape index (κ1) is 21.4. The number of carbonyl (C=O) groups is 2. The molecule has 1 saturated heterocycles. The normalized spacial score (nSPS) is 13.7. The highest BCUT2D eigenvalue weighted by Crippen LogP contribution is 2.30. The van der Waals surface area contributed by atoms with Gasteiger partial charge in [0.05, 0.1) is 22.6 Å². The number of halogens is 1. The van der Waals surface area contributed by atoms with Gasteiger partial charge in [-0.2, -0.15) is 0 Å². The molecule has 1 heterocycles. The molecule has 1 aliphatic rings. The van der Waals surface area contributed by atoms with Crippen molar-refractivity contribution in [3.05, 3.63) is 89.2 Å². The maximum Gasteiger partial charge on any atom is 0.335 e. The number of para-hydroxylation sites is 1. The van der Waals surface area contributed by atoms with Crippen LogP contribution in [0, 0.1) is 12.7 Å². The van der Waals surface area contributed by atoms with Crippen LogP contribution in [0.4, 0.5) is 21.5 Å². The molecule has 164 valence electrons. The number of hydrogen-bond acceptors (Lipinski definition) is 4. The molecule has 1 amide bonds. The van der Waals surface area contributed by atoms with Crippen LogP contribution in [0.3, 0.4) is 0 Å². The van der Waals surface area contributed by atoms with Crippen LogP contribution in [0.5, 0.6) is 0 Å². The van der Waals surface area contributed by atoms with E-state index in [1.165, 1.54) is 18.2 Å². The lowest BCUT2D eigenvalue weighted by molar-refractivity contribution is 0.0696. The van der Waals surface area contributed by atoms with Crippen molar-refractivity contribution in [1.29, 1.82) is 0 Å². The first-order valence-electron chi connectivity index (χ1n) is 10.4. The number of benzene rings is 3. The van der Waals surface area contributed by atoms with Crippen molar-refractivity contribution >= 4 is 28.9 Å². The van der Waals surface area contributed by atoms with Gasteiger partial charge in [0, 0.05) is 31.7 Å². The average Bonchev–Trinajstić information content (AvgIpc) is 2.79. The minimum absolute atomic E-state index is 0.0956. The zero-order chi connectivity index (χ0) is 22.7. The van der Waals surface area contributed by atoms with E-state index in [0.29, 0.717) is 43.1 Å². The molecule has 0 atom stereocenters. The molecule has 6 nitrogen and oxygen atoms in total. The Morgan fingerprint density at radius 3 is 2.19 bits per heavy atom. The molecule has 3 aromatic rings. The summed E-state index contributed by atoms with van der Waals surface area (Å²) >= 11 is 0. The minimum atomic E-state index is -1.06. The van der Waals surface area contributed by atoms with E-state index < -0.39 is 5.97 Å². The number of hydrogen-bond donors (Lipinski definition) is 2. The van der Waals surface area contributed by atoms with Crippen LogP contribution < -0.4 is 15.1 Å². The molecule has 0 unspecified atom stereocenters. The van der Waals surface area contributed by atoms with Gasteiger partial charge < -0.3 is 20.2 Å². The van der Waals surface area contributed by atoms with Gasteiger partial charge in [-0.15, -0.1) is 0 Å². The van der Waals surface area contributed by atoms with Gasteiger partial charge in [0.1, 0.15) is 5.82 Å². The Morgan fingerprint density at radius 1 is 0.844 bits per heavy atom. The number of amides is 1. The number of anilines is 3. The van der Waals surface area contributed by atoms with Crippen molar-refractivity contribution < 1.29 is 19.1 Å². The lowest BCUT2D eigenvalue weighted by atomic mass is 10.1. The molecule has 3 aromatic carbocycles. The van der Waals surface area contributed by atoms with Crippen LogP contribution in [0.2, 0.25) is 0 Å². The zero-order valence-electron chi connectivity index (χ0n) is 17.7. The first-order chi connectivity index (χ1) is 15.4. The van der Waals surface area contributed by atoms with Gasteiger partial charge in [-0.25, -0.2) is 9.18 Å². The minimum Gasteiger partial charge on any atom is -0.478 e. The Hall–Kier alpha value is -3.87. The molecule has 4 rings (SSSR count). The van der Waals surface area contributed by atoms with Crippen molar-refractivity contribution in [1.82, 2.24) is 0 Å². The van der Waals surface area contributed by atoms with E-state index in [2.05, 4.69) is 10.2 Å². The van der Waals surface area contributed by atoms with Crippen LogP contribution in [0.1, 0.15) is 26.3 Å². The summed E-state index contributed by atoms with van der Waals surface area (Å²) in [4.78, 5) is 28.4. The highest BCUT2D eigenvalue weighted by atomic mass is 19.1. The maximum absolute atomic E-state index is 14.2. The van der Waals surface area contributed by atoms with Gasteiger partial charge in [0.2, 0.25) is 0 Å². The molecule has 0 spiro atoms. The van der Waals surface area contributed by atoms with Gasteiger partial charge >= 0.3 is 5.97 Å². The average molecular weight is 433 g/mol. The predicted molar refractivity (Wildman–Crippen MR) is 123 cm³/mol. The number of carbonyl (C=O) groups excluding carboxylic acids is 1. The van der Waals surface area contributed by atoms with Gasteiger partial charge in [0.25, 0.3) is 5.91 Å². The number of aromatic carboxylic acids is 1. The van der Waals surface area contributed by atoms with Gasteiger partial charge in [-0.05, 0) is 49.4 Å². The first-order valence-corrected chi connectivity index (χ1v) is 10.4. The molecule has 0 radical (unpaired) electrons. The van der Waals surface area contributed by atoms with Crippen molar-refractivity contribution in [3.8, 4) is 0 Å². The summed E-state index contributed by atoms with van der Waals surface area (Å²) in [5.41, 5.74) is 3.31. The topological polar surface area (TPSA) is 72.9 Å². The highest BCUT2D eigenvalue weighted by molar-refractivity contribution is 6.06. The fourth-order valence-electron chi connectivity index (χ4n) is 3.92. The lowest BCUT2D eigenvalue weighted by Crippen LogP contribution is -2.47. The van der Waals surface area contributed by atoms with Gasteiger partial charge in [-0.3, -0.25) is 4.79 Å². The molecule has 0 saturated carbocycles. The summed E-state index contributed by atoms with van der Waals surface area (Å²) in [5, 5.41) is 12.3. The molecular formula is C25H24FN3O3. The molecule has 0 bridgehead atoms. The molecular weight excluding hydrogens is 409 g/mol. The number of nitrogens with zero attached hydrogens (tertiary/aromatic N) is 2. The SMILES string of the molecule is Cc1cccc(C(=O)Nc2cc(C(=O)O)ccc2N2CCN(c3ccccc3F)CC2)c1. The Bertz CT molecular complexity index is 1160. The number of piperazine rings is 1. The Morgan fingerprint density at radius 2 is 1.53 bits per heavy atom. The quantitative estimate of drug-likeness (QED) is 0.624. The van der Waals surface area contributed by atoms with E-state index >= 15 is 0 Å². The Kier molecular flexibility index (Phi) is 6.07. The zero-order valence-corrected chi connectivity index (χ0v) is 17.7. The van der Waals surface area contributed by atoms with Crippen molar-refractivity contribution in [3.63, 3.8) is 0 Å². The third kappa shape index (κ3) is 4.56. The fourth-order valence-corrected chi connectivity index (χ4v) is 3.92. The van der Waals surface area contributed by atoms with E-state index in [9.17, 15) is 19.1 Å². The number of aryl methyl sites for hydroxylation is 1.